The monoisotopic (exact) mass is 316 g/mol. The van der Waals surface area contributed by atoms with Gasteiger partial charge in [0.25, 0.3) is 10.1 Å². The molecule has 0 radical (unpaired) electrons. The first-order valence-electron chi connectivity index (χ1n) is 5.60. The van der Waals surface area contributed by atoms with Crippen molar-refractivity contribution in [3.8, 4) is 0 Å². The topological polar surface area (TPSA) is 88.5 Å². The van der Waals surface area contributed by atoms with Crippen molar-refractivity contribution in [1.29, 1.82) is 0 Å². The lowest BCUT2D eigenvalue weighted by atomic mass is 10.1. The van der Waals surface area contributed by atoms with Crippen molar-refractivity contribution in [2.45, 2.75) is 11.8 Å². The highest BCUT2D eigenvalue weighted by Gasteiger charge is 2.07. The van der Waals surface area contributed by atoms with E-state index in [1.54, 1.807) is 12.1 Å². The number of sulfone groups is 1. The molecule has 0 aliphatic heterocycles. The van der Waals surface area contributed by atoms with Crippen molar-refractivity contribution in [2.24, 2.45) is 0 Å². The number of hydrogen-bond acceptors (Lipinski definition) is 4. The fourth-order valence-corrected chi connectivity index (χ4v) is 2.23. The van der Waals surface area contributed by atoms with Gasteiger partial charge in [0.15, 0.2) is 9.84 Å². The van der Waals surface area contributed by atoms with Gasteiger partial charge in [-0.1, -0.05) is 29.8 Å². The van der Waals surface area contributed by atoms with Gasteiger partial charge in [-0.25, -0.2) is 8.42 Å². The van der Waals surface area contributed by atoms with Crippen molar-refractivity contribution in [3.63, 3.8) is 0 Å². The minimum atomic E-state index is -3.67. The van der Waals surface area contributed by atoms with Gasteiger partial charge in [0.05, 0.1) is 11.2 Å². The third-order valence-corrected chi connectivity index (χ3v) is 3.51. The average Bonchev–Trinajstić information content (AvgIpc) is 2.24. The highest BCUT2D eigenvalue weighted by molar-refractivity contribution is 7.90. The number of aryl methyl sites for hydroxylation is 1. The van der Waals surface area contributed by atoms with E-state index in [0.29, 0.717) is 11.2 Å². The second kappa shape index (κ2) is 5.90. The maximum atomic E-state index is 11.4. The summed E-state index contributed by atoms with van der Waals surface area (Å²) in [5.41, 5.74) is 1.13. The van der Waals surface area contributed by atoms with E-state index in [0.717, 1.165) is 16.3 Å². The zero-order valence-corrected chi connectivity index (χ0v) is 13.0. The molecule has 0 saturated carbocycles. The number of hydrogen-bond donors (Lipinski definition) is 1. The fourth-order valence-electron chi connectivity index (χ4n) is 1.57. The van der Waals surface area contributed by atoms with Gasteiger partial charge in [0, 0.05) is 6.26 Å². The Bertz CT molecular complexity index is 813. The minimum Gasteiger partial charge on any atom is -0.286 e. The molecule has 0 bridgehead atoms. The normalized spacial score (nSPS) is 11.8. The lowest BCUT2D eigenvalue weighted by Gasteiger charge is -2.02. The van der Waals surface area contributed by atoms with Gasteiger partial charge in [0.1, 0.15) is 0 Å². The van der Waals surface area contributed by atoms with Crippen LogP contribution in [-0.4, -0.2) is 33.9 Å². The molecule has 0 aliphatic rings. The summed E-state index contributed by atoms with van der Waals surface area (Å²) in [5.74, 6) is 0. The second-order valence-electron chi connectivity index (χ2n) is 4.52. The number of benzene rings is 2. The van der Waals surface area contributed by atoms with Gasteiger partial charge in [0.2, 0.25) is 0 Å². The van der Waals surface area contributed by atoms with E-state index in [4.69, 9.17) is 4.55 Å². The lowest BCUT2D eigenvalue weighted by Crippen LogP contribution is -1.96. The molecular formula is C13H16O5S2. The van der Waals surface area contributed by atoms with Crippen LogP contribution in [0.25, 0.3) is 10.8 Å². The molecule has 0 aliphatic carbocycles. The summed E-state index contributed by atoms with van der Waals surface area (Å²) in [6.07, 6.45) is 1.94. The maximum absolute atomic E-state index is 11.4. The number of rotatable bonds is 1. The molecule has 0 unspecified atom stereocenters. The smallest absolute Gasteiger partial charge is 0.261 e. The molecule has 0 fully saturated rings. The van der Waals surface area contributed by atoms with Crippen molar-refractivity contribution >= 4 is 30.7 Å². The Labute approximate surface area is 118 Å². The molecule has 20 heavy (non-hydrogen) atoms. The summed E-state index contributed by atoms with van der Waals surface area (Å²) in [5, 5.41) is 2.03. The summed E-state index contributed by atoms with van der Waals surface area (Å²) in [6.45, 7) is 1.99. The highest BCUT2D eigenvalue weighted by Crippen LogP contribution is 2.20. The Kier molecular flexibility index (Phi) is 4.90. The highest BCUT2D eigenvalue weighted by atomic mass is 32.2. The summed E-state index contributed by atoms with van der Waals surface area (Å²) in [7, 11) is -6.77. The second-order valence-corrected chi connectivity index (χ2v) is 8.00. The molecule has 110 valence electrons. The predicted molar refractivity (Wildman–Crippen MR) is 79.3 cm³/mol. The lowest BCUT2D eigenvalue weighted by molar-refractivity contribution is 0.490. The first-order valence-corrected chi connectivity index (χ1v) is 9.34. The average molecular weight is 316 g/mol. The molecule has 0 spiro atoms. The summed E-state index contributed by atoms with van der Waals surface area (Å²) in [6, 6.07) is 11.2. The van der Waals surface area contributed by atoms with Gasteiger partial charge in [-0.2, -0.15) is 8.42 Å². The predicted octanol–water partition coefficient (Wildman–Crippen LogP) is 2.06. The van der Waals surface area contributed by atoms with Crippen LogP contribution in [0, 0.1) is 6.92 Å². The molecule has 2 rings (SSSR count). The van der Waals surface area contributed by atoms with E-state index in [2.05, 4.69) is 0 Å². The van der Waals surface area contributed by atoms with Gasteiger partial charge >= 0.3 is 0 Å². The summed E-state index contributed by atoms with van der Waals surface area (Å²) >= 11 is 0. The standard InChI is InChI=1S/C12H12O2S.CH4O3S/c1-9-3-4-10-5-6-12(15(2,13)14)8-11(10)7-9;1-5(2,3)4/h3-8H,1-2H3;1H3,(H,2,3,4). The third-order valence-electron chi connectivity index (χ3n) is 2.40. The van der Waals surface area contributed by atoms with Gasteiger partial charge in [-0.3, -0.25) is 4.55 Å². The van der Waals surface area contributed by atoms with Crippen LogP contribution >= 0.6 is 0 Å². The maximum Gasteiger partial charge on any atom is 0.261 e. The zero-order valence-electron chi connectivity index (χ0n) is 11.4. The molecule has 2 aromatic carbocycles. The van der Waals surface area contributed by atoms with Crippen LogP contribution in [0.2, 0.25) is 0 Å². The quantitative estimate of drug-likeness (QED) is 0.813. The Morgan fingerprint density at radius 2 is 1.35 bits per heavy atom. The molecular weight excluding hydrogens is 300 g/mol. The van der Waals surface area contributed by atoms with Crippen LogP contribution in [0.15, 0.2) is 41.3 Å². The fraction of sp³-hybridized carbons (Fsp3) is 0.231. The van der Waals surface area contributed by atoms with Crippen molar-refractivity contribution in [3.05, 3.63) is 42.0 Å². The Morgan fingerprint density at radius 3 is 1.85 bits per heavy atom. The minimum absolute atomic E-state index is 0.376. The Morgan fingerprint density at radius 1 is 0.850 bits per heavy atom. The summed E-state index contributed by atoms with van der Waals surface area (Å²) in [4.78, 5) is 0.376. The zero-order chi connectivity index (χ0) is 15.6. The van der Waals surface area contributed by atoms with E-state index >= 15 is 0 Å². The van der Waals surface area contributed by atoms with Gasteiger partial charge in [-0.05, 0) is 29.8 Å². The first kappa shape index (κ1) is 16.6. The van der Waals surface area contributed by atoms with E-state index in [1.165, 1.54) is 6.26 Å². The van der Waals surface area contributed by atoms with E-state index < -0.39 is 20.0 Å². The Hall–Kier alpha value is -1.44. The molecule has 1 N–H and O–H groups in total. The Balaban J connectivity index is 0.000000347. The van der Waals surface area contributed by atoms with E-state index in [9.17, 15) is 16.8 Å². The van der Waals surface area contributed by atoms with Crippen LogP contribution in [0.3, 0.4) is 0 Å². The van der Waals surface area contributed by atoms with Crippen LogP contribution in [-0.2, 0) is 20.0 Å². The molecule has 5 nitrogen and oxygen atoms in total. The molecule has 2 aromatic rings. The van der Waals surface area contributed by atoms with Crippen LogP contribution in [0.1, 0.15) is 5.56 Å². The molecule has 0 saturated heterocycles. The molecule has 0 heterocycles. The SMILES string of the molecule is CS(=O)(=O)O.Cc1ccc2ccc(S(C)(=O)=O)cc2c1. The first-order chi connectivity index (χ1) is 8.97. The van der Waals surface area contributed by atoms with Gasteiger partial charge in [-0.15, -0.1) is 0 Å². The van der Waals surface area contributed by atoms with Gasteiger partial charge < -0.3 is 0 Å². The van der Waals surface area contributed by atoms with E-state index in [1.807, 2.05) is 31.2 Å². The van der Waals surface area contributed by atoms with Crippen molar-refractivity contribution in [2.75, 3.05) is 12.5 Å². The molecule has 7 heteroatoms. The molecule has 0 aromatic heterocycles. The third kappa shape index (κ3) is 5.68. The summed E-state index contributed by atoms with van der Waals surface area (Å²) < 4.78 is 48.6. The largest absolute Gasteiger partial charge is 0.286 e. The number of fused-ring (bicyclic) bond motifs is 1. The molecule has 0 amide bonds. The van der Waals surface area contributed by atoms with Crippen molar-refractivity contribution < 1.29 is 21.4 Å². The van der Waals surface area contributed by atoms with Crippen LogP contribution in [0.5, 0.6) is 0 Å². The van der Waals surface area contributed by atoms with Crippen molar-refractivity contribution in [1.82, 2.24) is 0 Å². The van der Waals surface area contributed by atoms with E-state index in [-0.39, 0.29) is 0 Å². The molecule has 0 atom stereocenters. The van der Waals surface area contributed by atoms with Crippen LogP contribution < -0.4 is 0 Å². The van der Waals surface area contributed by atoms with Crippen LogP contribution in [0.4, 0.5) is 0 Å².